The number of ketones is 1. The molecule has 1 fully saturated rings. The van der Waals surface area contributed by atoms with Crippen LogP contribution >= 0.6 is 0 Å². The lowest BCUT2D eigenvalue weighted by Crippen LogP contribution is -2.18. The van der Waals surface area contributed by atoms with Crippen molar-refractivity contribution in [3.05, 3.63) is 0 Å². The van der Waals surface area contributed by atoms with E-state index in [4.69, 9.17) is 10.00 Å². The first-order valence-corrected chi connectivity index (χ1v) is 8.32. The lowest BCUT2D eigenvalue weighted by molar-refractivity contribution is -0.144. The summed E-state index contributed by atoms with van der Waals surface area (Å²) >= 11 is 0. The molecule has 118 valence electrons. The van der Waals surface area contributed by atoms with E-state index in [0.29, 0.717) is 25.9 Å². The number of rotatable bonds is 12. The van der Waals surface area contributed by atoms with Crippen LogP contribution in [0.2, 0.25) is 0 Å². The largest absolute Gasteiger partial charge is 0.465 e. The first-order valence-electron chi connectivity index (χ1n) is 8.32. The minimum Gasteiger partial charge on any atom is -0.465 e. The zero-order chi connectivity index (χ0) is 15.3. The van der Waals surface area contributed by atoms with Gasteiger partial charge < -0.3 is 4.74 Å². The van der Waals surface area contributed by atoms with E-state index in [2.05, 4.69) is 6.07 Å². The van der Waals surface area contributed by atoms with E-state index in [0.717, 1.165) is 19.3 Å². The van der Waals surface area contributed by atoms with Gasteiger partial charge >= 0.3 is 5.97 Å². The van der Waals surface area contributed by atoms with Gasteiger partial charge in [-0.25, -0.2) is 0 Å². The van der Waals surface area contributed by atoms with Gasteiger partial charge in [0.15, 0.2) is 0 Å². The van der Waals surface area contributed by atoms with Gasteiger partial charge in [-0.3, -0.25) is 9.59 Å². The van der Waals surface area contributed by atoms with Crippen LogP contribution < -0.4 is 0 Å². The third kappa shape index (κ3) is 7.84. The summed E-state index contributed by atoms with van der Waals surface area (Å²) in [6, 6.07) is 2.17. The molecule has 0 radical (unpaired) electrons. The summed E-state index contributed by atoms with van der Waals surface area (Å²) in [4.78, 5) is 23.0. The second kappa shape index (κ2) is 11.3. The Morgan fingerprint density at radius 3 is 2.14 bits per heavy atom. The maximum Gasteiger partial charge on any atom is 0.316 e. The maximum atomic E-state index is 11.8. The average Bonchev–Trinajstić information content (AvgIpc) is 2.91. The molecule has 0 amide bonds. The van der Waals surface area contributed by atoms with E-state index in [9.17, 15) is 9.59 Å². The highest BCUT2D eigenvalue weighted by Gasteiger charge is 2.32. The van der Waals surface area contributed by atoms with Crippen molar-refractivity contribution in [1.29, 1.82) is 5.26 Å². The van der Waals surface area contributed by atoms with E-state index in [1.807, 2.05) is 0 Å². The molecular weight excluding hydrogens is 266 g/mol. The van der Waals surface area contributed by atoms with Gasteiger partial charge in [-0.1, -0.05) is 44.9 Å². The van der Waals surface area contributed by atoms with Crippen molar-refractivity contribution < 1.29 is 14.3 Å². The number of nitrogens with zero attached hydrogens (tertiary/aromatic N) is 1. The van der Waals surface area contributed by atoms with Crippen molar-refractivity contribution in [3.63, 3.8) is 0 Å². The molecule has 0 N–H and O–H groups in total. The molecule has 1 saturated heterocycles. The summed E-state index contributed by atoms with van der Waals surface area (Å²) in [6.07, 6.45) is 12.0. The molecule has 1 heterocycles. The molecule has 1 aliphatic rings. The Balaban J connectivity index is 1.85. The summed E-state index contributed by atoms with van der Waals surface area (Å²) in [5, 5.41) is 8.41. The van der Waals surface area contributed by atoms with Crippen LogP contribution in [0.3, 0.4) is 0 Å². The third-order valence-corrected chi connectivity index (χ3v) is 4.04. The molecule has 0 aromatic heterocycles. The number of cyclic esters (lactones) is 1. The zero-order valence-electron chi connectivity index (χ0n) is 12.9. The molecule has 1 aliphatic heterocycles. The molecule has 0 bridgehead atoms. The number of carbonyl (C=O) groups excluding carboxylic acids is 2. The van der Waals surface area contributed by atoms with Gasteiger partial charge in [0, 0.05) is 19.3 Å². The summed E-state index contributed by atoms with van der Waals surface area (Å²) in [5.74, 6) is -0.732. The van der Waals surface area contributed by atoms with Crippen LogP contribution in [0.4, 0.5) is 0 Å². The summed E-state index contributed by atoms with van der Waals surface area (Å²) in [6.45, 7) is 0.406. The van der Waals surface area contributed by atoms with E-state index in [1.54, 1.807) is 0 Å². The first-order chi connectivity index (χ1) is 10.3. The van der Waals surface area contributed by atoms with Crippen LogP contribution in [-0.4, -0.2) is 18.4 Å². The number of hydrogen-bond donors (Lipinski definition) is 0. The fourth-order valence-corrected chi connectivity index (χ4v) is 2.70. The van der Waals surface area contributed by atoms with Crippen LogP contribution in [0.25, 0.3) is 0 Å². The minimum atomic E-state index is -0.474. The Morgan fingerprint density at radius 1 is 1.05 bits per heavy atom. The monoisotopic (exact) mass is 293 g/mol. The lowest BCUT2D eigenvalue weighted by Gasteiger charge is -2.05. The SMILES string of the molecule is N#CCCCCCCCCCCCC(=O)C1CCOC1=O. The van der Waals surface area contributed by atoms with Crippen LogP contribution in [0.5, 0.6) is 0 Å². The zero-order valence-corrected chi connectivity index (χ0v) is 12.9. The lowest BCUT2D eigenvalue weighted by atomic mass is 9.97. The molecule has 4 heteroatoms. The predicted octanol–water partition coefficient (Wildman–Crippen LogP) is 3.93. The highest BCUT2D eigenvalue weighted by Crippen LogP contribution is 2.19. The predicted molar refractivity (Wildman–Crippen MR) is 80.5 cm³/mol. The van der Waals surface area contributed by atoms with Crippen molar-refractivity contribution >= 4 is 11.8 Å². The van der Waals surface area contributed by atoms with Crippen molar-refractivity contribution in [2.75, 3.05) is 6.61 Å². The van der Waals surface area contributed by atoms with Gasteiger partial charge in [0.2, 0.25) is 0 Å². The molecule has 0 aliphatic carbocycles. The van der Waals surface area contributed by atoms with Gasteiger partial charge in [-0.05, 0) is 12.8 Å². The fourth-order valence-electron chi connectivity index (χ4n) is 2.70. The second-order valence-corrected chi connectivity index (χ2v) is 5.82. The number of ether oxygens (including phenoxy) is 1. The van der Waals surface area contributed by atoms with Gasteiger partial charge in [-0.2, -0.15) is 5.26 Å². The highest BCUT2D eigenvalue weighted by molar-refractivity contribution is 5.99. The standard InChI is InChI=1S/C17H27NO3/c18-13-10-8-6-4-2-1-3-5-7-9-11-16(19)15-12-14-21-17(15)20/h15H,1-12,14H2. The van der Waals surface area contributed by atoms with Crippen LogP contribution in [0, 0.1) is 17.2 Å². The Morgan fingerprint density at radius 2 is 1.62 bits per heavy atom. The van der Waals surface area contributed by atoms with Gasteiger partial charge in [0.1, 0.15) is 11.7 Å². The molecular formula is C17H27NO3. The Kier molecular flexibility index (Phi) is 9.52. The van der Waals surface area contributed by atoms with Crippen molar-refractivity contribution in [1.82, 2.24) is 0 Å². The first kappa shape index (κ1) is 17.7. The van der Waals surface area contributed by atoms with Crippen LogP contribution in [0.1, 0.15) is 77.0 Å². The molecule has 1 atom stereocenters. The Hall–Kier alpha value is -1.37. The number of unbranched alkanes of at least 4 members (excludes halogenated alkanes) is 9. The summed E-state index contributed by atoms with van der Waals surface area (Å²) in [5.41, 5.74) is 0. The van der Waals surface area contributed by atoms with E-state index < -0.39 is 5.92 Å². The maximum absolute atomic E-state index is 11.8. The second-order valence-electron chi connectivity index (χ2n) is 5.82. The van der Waals surface area contributed by atoms with Gasteiger partial charge in [0.25, 0.3) is 0 Å². The smallest absolute Gasteiger partial charge is 0.316 e. The molecule has 0 aromatic rings. The number of carbonyl (C=O) groups is 2. The molecule has 0 aromatic carbocycles. The fraction of sp³-hybridized carbons (Fsp3) is 0.824. The van der Waals surface area contributed by atoms with E-state index in [-0.39, 0.29) is 11.8 Å². The van der Waals surface area contributed by atoms with Crippen molar-refractivity contribution in [3.8, 4) is 6.07 Å². The quantitative estimate of drug-likeness (QED) is 0.310. The van der Waals surface area contributed by atoms with Crippen LogP contribution in [-0.2, 0) is 14.3 Å². The molecule has 0 spiro atoms. The number of nitriles is 1. The van der Waals surface area contributed by atoms with Gasteiger partial charge in [-0.15, -0.1) is 0 Å². The normalized spacial score (nSPS) is 17.5. The number of esters is 1. The van der Waals surface area contributed by atoms with Crippen molar-refractivity contribution in [2.24, 2.45) is 5.92 Å². The minimum absolute atomic E-state index is 0.0648. The Bertz CT molecular complexity index is 360. The Labute approximate surface area is 127 Å². The average molecular weight is 293 g/mol. The van der Waals surface area contributed by atoms with Gasteiger partial charge in [0.05, 0.1) is 12.7 Å². The van der Waals surface area contributed by atoms with E-state index >= 15 is 0 Å². The third-order valence-electron chi connectivity index (χ3n) is 4.04. The number of hydrogen-bond acceptors (Lipinski definition) is 4. The van der Waals surface area contributed by atoms with Crippen LogP contribution in [0.15, 0.2) is 0 Å². The summed E-state index contributed by atoms with van der Waals surface area (Å²) < 4.78 is 4.82. The van der Waals surface area contributed by atoms with E-state index in [1.165, 1.54) is 38.5 Å². The van der Waals surface area contributed by atoms with Crippen molar-refractivity contribution in [2.45, 2.75) is 77.0 Å². The molecule has 1 rings (SSSR count). The number of Topliss-reactive ketones (excluding diaryl/α,β-unsaturated/α-hetero) is 1. The molecule has 1 unspecified atom stereocenters. The highest BCUT2D eigenvalue weighted by atomic mass is 16.5. The summed E-state index contributed by atoms with van der Waals surface area (Å²) in [7, 11) is 0. The molecule has 21 heavy (non-hydrogen) atoms. The topological polar surface area (TPSA) is 67.2 Å². The molecule has 0 saturated carbocycles. The molecule has 4 nitrogen and oxygen atoms in total.